The fourth-order valence-corrected chi connectivity index (χ4v) is 2.35. The van der Waals surface area contributed by atoms with Gasteiger partial charge in [0.05, 0.1) is 7.11 Å². The van der Waals surface area contributed by atoms with Gasteiger partial charge in [0, 0.05) is 44.7 Å². The van der Waals surface area contributed by atoms with Gasteiger partial charge in [-0.15, -0.1) is 11.6 Å². The molecular formula is C12H19ClN4O. The van der Waals surface area contributed by atoms with E-state index in [0.29, 0.717) is 11.8 Å². The van der Waals surface area contributed by atoms with E-state index in [0.717, 1.165) is 44.4 Å². The van der Waals surface area contributed by atoms with Gasteiger partial charge >= 0.3 is 0 Å². The maximum absolute atomic E-state index is 5.76. The van der Waals surface area contributed by atoms with Crippen LogP contribution >= 0.6 is 11.6 Å². The summed E-state index contributed by atoms with van der Waals surface area (Å²) in [5.41, 5.74) is 0. The number of halogens is 1. The van der Waals surface area contributed by atoms with Crippen LogP contribution in [0.3, 0.4) is 0 Å². The van der Waals surface area contributed by atoms with Gasteiger partial charge in [-0.3, -0.25) is 4.90 Å². The molecule has 0 saturated carbocycles. The summed E-state index contributed by atoms with van der Waals surface area (Å²) in [5.74, 6) is 3.01. The minimum atomic E-state index is 0.626. The summed E-state index contributed by atoms with van der Waals surface area (Å²) in [6, 6.07) is 1.89. The van der Waals surface area contributed by atoms with Crippen LogP contribution in [0.1, 0.15) is 5.82 Å². The Morgan fingerprint density at radius 2 is 2.00 bits per heavy atom. The molecule has 0 amide bonds. The van der Waals surface area contributed by atoms with Gasteiger partial charge < -0.3 is 9.64 Å². The lowest BCUT2D eigenvalue weighted by Gasteiger charge is -2.35. The van der Waals surface area contributed by atoms with Gasteiger partial charge in [-0.1, -0.05) is 0 Å². The molecule has 2 heterocycles. The standard InChI is InChI=1S/C12H19ClN4O/c1-10-14-11(9-12(15-10)18-2)17-7-5-16(4-3-13)6-8-17/h9H,3-8H2,1-2H3. The summed E-state index contributed by atoms with van der Waals surface area (Å²) in [4.78, 5) is 13.3. The van der Waals surface area contributed by atoms with Crippen molar-refractivity contribution in [2.24, 2.45) is 0 Å². The normalized spacial score (nSPS) is 16.9. The van der Waals surface area contributed by atoms with Crippen molar-refractivity contribution < 1.29 is 4.74 Å². The molecule has 0 aliphatic carbocycles. The van der Waals surface area contributed by atoms with Crippen molar-refractivity contribution in [3.63, 3.8) is 0 Å². The van der Waals surface area contributed by atoms with E-state index in [1.54, 1.807) is 7.11 Å². The summed E-state index contributed by atoms with van der Waals surface area (Å²) >= 11 is 5.76. The third kappa shape index (κ3) is 3.23. The fourth-order valence-electron chi connectivity index (χ4n) is 2.11. The smallest absolute Gasteiger partial charge is 0.218 e. The Morgan fingerprint density at radius 3 is 2.61 bits per heavy atom. The van der Waals surface area contributed by atoms with Crippen LogP contribution in [0, 0.1) is 6.92 Å². The molecule has 6 heteroatoms. The van der Waals surface area contributed by atoms with Gasteiger partial charge in [-0.05, 0) is 6.92 Å². The lowest BCUT2D eigenvalue weighted by molar-refractivity contribution is 0.272. The van der Waals surface area contributed by atoms with E-state index >= 15 is 0 Å². The van der Waals surface area contributed by atoms with Crippen molar-refractivity contribution in [3.05, 3.63) is 11.9 Å². The highest BCUT2D eigenvalue weighted by molar-refractivity contribution is 6.18. The van der Waals surface area contributed by atoms with E-state index in [4.69, 9.17) is 16.3 Å². The molecule has 1 aromatic heterocycles. The molecule has 1 aliphatic heterocycles. The van der Waals surface area contributed by atoms with Gasteiger partial charge in [-0.25, -0.2) is 4.98 Å². The molecule has 5 nitrogen and oxygen atoms in total. The van der Waals surface area contributed by atoms with E-state index in [-0.39, 0.29) is 0 Å². The highest BCUT2D eigenvalue weighted by atomic mass is 35.5. The largest absolute Gasteiger partial charge is 0.481 e. The number of ether oxygens (including phenoxy) is 1. The van der Waals surface area contributed by atoms with Crippen LogP contribution in [0.5, 0.6) is 5.88 Å². The average molecular weight is 271 g/mol. The number of alkyl halides is 1. The number of hydrogen-bond donors (Lipinski definition) is 0. The van der Waals surface area contributed by atoms with Gasteiger partial charge in [0.2, 0.25) is 5.88 Å². The van der Waals surface area contributed by atoms with E-state index in [2.05, 4.69) is 19.8 Å². The quantitative estimate of drug-likeness (QED) is 0.768. The number of aromatic nitrogens is 2. The molecule has 0 bridgehead atoms. The zero-order valence-electron chi connectivity index (χ0n) is 10.9. The zero-order chi connectivity index (χ0) is 13.0. The maximum atomic E-state index is 5.76. The topological polar surface area (TPSA) is 41.5 Å². The van der Waals surface area contributed by atoms with Gasteiger partial charge in [0.1, 0.15) is 11.6 Å². The summed E-state index contributed by atoms with van der Waals surface area (Å²) in [7, 11) is 1.63. The Balaban J connectivity index is 2.02. The first-order chi connectivity index (χ1) is 8.72. The molecule has 1 aliphatic rings. The van der Waals surface area contributed by atoms with E-state index < -0.39 is 0 Å². The molecule has 0 N–H and O–H groups in total. The predicted molar refractivity (Wildman–Crippen MR) is 72.7 cm³/mol. The third-order valence-electron chi connectivity index (χ3n) is 3.11. The Hall–Kier alpha value is -1.07. The molecular weight excluding hydrogens is 252 g/mol. The molecule has 0 atom stereocenters. The monoisotopic (exact) mass is 270 g/mol. The lowest BCUT2D eigenvalue weighted by atomic mass is 10.3. The van der Waals surface area contributed by atoms with Crippen LogP contribution in [-0.2, 0) is 0 Å². The highest BCUT2D eigenvalue weighted by Gasteiger charge is 2.18. The average Bonchev–Trinajstić information content (AvgIpc) is 2.39. The number of nitrogens with zero attached hydrogens (tertiary/aromatic N) is 4. The Kier molecular flexibility index (Phi) is 4.60. The maximum Gasteiger partial charge on any atom is 0.218 e. The van der Waals surface area contributed by atoms with Crippen LogP contribution in [0.25, 0.3) is 0 Å². The van der Waals surface area contributed by atoms with E-state index in [1.165, 1.54) is 0 Å². The summed E-state index contributed by atoms with van der Waals surface area (Å²) in [5, 5.41) is 0. The molecule has 0 spiro atoms. The fraction of sp³-hybridized carbons (Fsp3) is 0.667. The third-order valence-corrected chi connectivity index (χ3v) is 3.28. The summed E-state index contributed by atoms with van der Waals surface area (Å²) in [6.07, 6.45) is 0. The Labute approximate surface area is 113 Å². The van der Waals surface area contributed by atoms with Crippen molar-refractivity contribution in [3.8, 4) is 5.88 Å². The first-order valence-corrected chi connectivity index (χ1v) is 6.69. The van der Waals surface area contributed by atoms with E-state index in [9.17, 15) is 0 Å². The molecule has 1 fully saturated rings. The number of hydrogen-bond acceptors (Lipinski definition) is 5. The highest BCUT2D eigenvalue weighted by Crippen LogP contribution is 2.18. The lowest BCUT2D eigenvalue weighted by Crippen LogP contribution is -2.47. The Morgan fingerprint density at radius 1 is 1.28 bits per heavy atom. The van der Waals surface area contributed by atoms with Crippen molar-refractivity contribution >= 4 is 17.4 Å². The number of piperazine rings is 1. The second kappa shape index (κ2) is 6.20. The van der Waals surface area contributed by atoms with Crippen LogP contribution in [-0.4, -0.2) is 60.6 Å². The van der Waals surface area contributed by atoms with E-state index in [1.807, 2.05) is 13.0 Å². The van der Waals surface area contributed by atoms with Gasteiger partial charge in [0.25, 0.3) is 0 Å². The molecule has 2 rings (SSSR count). The SMILES string of the molecule is COc1cc(N2CCN(CCCl)CC2)nc(C)n1. The first kappa shape index (κ1) is 13.4. The first-order valence-electron chi connectivity index (χ1n) is 6.16. The number of anilines is 1. The van der Waals surface area contributed by atoms with Crippen molar-refractivity contribution in [2.75, 3.05) is 50.6 Å². The van der Waals surface area contributed by atoms with Gasteiger partial charge in [-0.2, -0.15) is 4.98 Å². The van der Waals surface area contributed by atoms with Crippen LogP contribution in [0.4, 0.5) is 5.82 Å². The number of aryl methyl sites for hydroxylation is 1. The molecule has 0 unspecified atom stereocenters. The van der Waals surface area contributed by atoms with Crippen molar-refractivity contribution in [1.82, 2.24) is 14.9 Å². The van der Waals surface area contributed by atoms with Crippen LogP contribution < -0.4 is 9.64 Å². The predicted octanol–water partition coefficient (Wildman–Crippen LogP) is 1.15. The molecule has 1 aromatic rings. The summed E-state index contributed by atoms with van der Waals surface area (Å²) in [6.45, 7) is 6.83. The minimum absolute atomic E-state index is 0.626. The van der Waals surface area contributed by atoms with Crippen LogP contribution in [0.15, 0.2) is 6.07 Å². The van der Waals surface area contributed by atoms with Crippen LogP contribution in [0.2, 0.25) is 0 Å². The molecule has 0 aromatic carbocycles. The molecule has 0 radical (unpaired) electrons. The van der Waals surface area contributed by atoms with Crippen molar-refractivity contribution in [2.45, 2.75) is 6.92 Å². The molecule has 1 saturated heterocycles. The Bertz CT molecular complexity index is 394. The second-order valence-electron chi connectivity index (χ2n) is 4.33. The zero-order valence-corrected chi connectivity index (χ0v) is 11.7. The number of methoxy groups -OCH3 is 1. The second-order valence-corrected chi connectivity index (χ2v) is 4.71. The molecule has 100 valence electrons. The summed E-state index contributed by atoms with van der Waals surface area (Å²) < 4.78 is 5.18. The number of rotatable bonds is 4. The minimum Gasteiger partial charge on any atom is -0.481 e. The molecule has 18 heavy (non-hydrogen) atoms. The van der Waals surface area contributed by atoms with Gasteiger partial charge in [0.15, 0.2) is 0 Å². The van der Waals surface area contributed by atoms with Crippen molar-refractivity contribution in [1.29, 1.82) is 0 Å².